The van der Waals surface area contributed by atoms with Gasteiger partial charge in [0.1, 0.15) is 0 Å². The highest BCUT2D eigenvalue weighted by atomic mass is 32.2. The first-order valence-electron chi connectivity index (χ1n) is 12.7. The number of carbonyl (C=O) groups excluding carboxylic acids is 2. The Balaban J connectivity index is 1.31. The van der Waals surface area contributed by atoms with E-state index in [0.717, 1.165) is 53.6 Å². The molecule has 0 radical (unpaired) electrons. The first kappa shape index (κ1) is 25.8. The second-order valence-electron chi connectivity index (χ2n) is 9.46. The second-order valence-corrected chi connectivity index (χ2v) is 12.0. The van der Waals surface area contributed by atoms with Crippen LogP contribution in [0.4, 0.5) is 0 Å². The number of benzene rings is 6. The normalized spacial score (nSPS) is 10.8. The minimum absolute atomic E-state index is 0.0738. The topological polar surface area (TPSA) is 34.1 Å². The number of hydrogen-bond donors (Lipinski definition) is 0. The Morgan fingerprint density at radius 1 is 0.450 bits per heavy atom. The van der Waals surface area contributed by atoms with Gasteiger partial charge < -0.3 is 0 Å². The molecule has 0 heterocycles. The SMILES string of the molecule is CC(=O)Sc1ccc(C#Cc2cc3ccc4cc(C#Cc5ccc(SC(C)=O)cc5)cc5ccc(c2)c3c45)cc1. The molecular weight excluding hydrogens is 529 g/mol. The van der Waals surface area contributed by atoms with Gasteiger partial charge >= 0.3 is 0 Å². The second kappa shape index (κ2) is 10.9. The molecule has 0 spiro atoms. The molecule has 0 amide bonds. The first-order chi connectivity index (χ1) is 19.4. The van der Waals surface area contributed by atoms with Gasteiger partial charge in [0, 0.05) is 45.9 Å². The largest absolute Gasteiger partial charge is 0.287 e. The summed E-state index contributed by atoms with van der Waals surface area (Å²) in [5.74, 6) is 13.1. The van der Waals surface area contributed by atoms with Gasteiger partial charge in [-0.05, 0) is 105 Å². The summed E-state index contributed by atoms with van der Waals surface area (Å²) in [6.07, 6.45) is 0. The van der Waals surface area contributed by atoms with Crippen LogP contribution in [-0.4, -0.2) is 10.2 Å². The molecule has 40 heavy (non-hydrogen) atoms. The zero-order valence-corrected chi connectivity index (χ0v) is 23.5. The maximum absolute atomic E-state index is 11.3. The van der Waals surface area contributed by atoms with Crippen LogP contribution in [0.15, 0.2) is 107 Å². The fourth-order valence-corrected chi connectivity index (χ4v) is 6.02. The van der Waals surface area contributed by atoms with Crippen LogP contribution in [0.1, 0.15) is 36.1 Å². The molecule has 0 atom stereocenters. The van der Waals surface area contributed by atoms with Crippen LogP contribution >= 0.6 is 23.5 Å². The van der Waals surface area contributed by atoms with Crippen LogP contribution in [0, 0.1) is 23.7 Å². The standard InChI is InChI=1S/C36H22O2S2/c1-23(37)39-33-15-7-25(8-16-33)3-5-27-19-29-11-13-31-21-28(22-32-14-12-30(20-27)35(29)36(31)32)6-4-26-9-17-34(18-10-26)40-24(2)38/h7-22H,1-2H3. The molecule has 2 nitrogen and oxygen atoms in total. The van der Waals surface area contributed by atoms with E-state index in [0.29, 0.717) is 0 Å². The summed E-state index contributed by atoms with van der Waals surface area (Å²) in [5.41, 5.74) is 3.76. The fraction of sp³-hybridized carbons (Fsp3) is 0.0556. The quantitative estimate of drug-likeness (QED) is 0.123. The van der Waals surface area contributed by atoms with Crippen molar-refractivity contribution >= 4 is 66.1 Å². The van der Waals surface area contributed by atoms with Crippen LogP contribution in [-0.2, 0) is 9.59 Å². The molecule has 0 aromatic heterocycles. The Hall–Kier alpha value is -4.48. The molecule has 6 aromatic rings. The summed E-state index contributed by atoms with van der Waals surface area (Å²) >= 11 is 2.45. The molecule has 0 aliphatic heterocycles. The van der Waals surface area contributed by atoms with E-state index in [1.54, 1.807) is 13.8 Å². The lowest BCUT2D eigenvalue weighted by atomic mass is 9.91. The Bertz CT molecular complexity index is 1830. The van der Waals surface area contributed by atoms with Gasteiger partial charge in [-0.1, -0.05) is 71.5 Å². The van der Waals surface area contributed by atoms with Gasteiger partial charge in [0.2, 0.25) is 0 Å². The van der Waals surface area contributed by atoms with E-state index in [4.69, 9.17) is 0 Å². The lowest BCUT2D eigenvalue weighted by Gasteiger charge is -2.12. The van der Waals surface area contributed by atoms with Gasteiger partial charge in [-0.3, -0.25) is 9.59 Å². The number of hydrogen-bond acceptors (Lipinski definition) is 4. The van der Waals surface area contributed by atoms with Crippen molar-refractivity contribution in [3.05, 3.63) is 119 Å². The van der Waals surface area contributed by atoms with Gasteiger partial charge in [0.25, 0.3) is 0 Å². The molecule has 0 N–H and O–H groups in total. The van der Waals surface area contributed by atoms with Crippen molar-refractivity contribution in [2.24, 2.45) is 0 Å². The first-order valence-corrected chi connectivity index (χ1v) is 14.4. The highest BCUT2D eigenvalue weighted by Gasteiger charge is 2.10. The third-order valence-electron chi connectivity index (χ3n) is 6.47. The molecule has 0 aliphatic carbocycles. The number of rotatable bonds is 2. The summed E-state index contributed by atoms with van der Waals surface area (Å²) in [6.45, 7) is 3.14. The molecular formula is C36H22O2S2. The van der Waals surface area contributed by atoms with E-state index in [1.165, 1.54) is 34.3 Å². The van der Waals surface area contributed by atoms with Crippen LogP contribution in [0.2, 0.25) is 0 Å². The maximum Gasteiger partial charge on any atom is 0.190 e. The summed E-state index contributed by atoms with van der Waals surface area (Å²) in [6, 6.07) is 32.8. The average Bonchev–Trinajstić information content (AvgIpc) is 2.94. The van der Waals surface area contributed by atoms with Crippen molar-refractivity contribution in [2.75, 3.05) is 0 Å². The van der Waals surface area contributed by atoms with Gasteiger partial charge in [-0.2, -0.15) is 0 Å². The van der Waals surface area contributed by atoms with Crippen LogP contribution in [0.3, 0.4) is 0 Å². The van der Waals surface area contributed by atoms with E-state index in [2.05, 4.69) is 72.2 Å². The molecule has 4 heteroatoms. The van der Waals surface area contributed by atoms with Crippen LogP contribution in [0.25, 0.3) is 32.3 Å². The Morgan fingerprint density at radius 3 is 1.05 bits per heavy atom. The van der Waals surface area contributed by atoms with E-state index < -0.39 is 0 Å². The molecule has 6 rings (SSSR count). The van der Waals surface area contributed by atoms with Crippen molar-refractivity contribution in [1.29, 1.82) is 0 Å². The van der Waals surface area contributed by atoms with Gasteiger partial charge in [-0.25, -0.2) is 0 Å². The third kappa shape index (κ3) is 5.61. The minimum Gasteiger partial charge on any atom is -0.287 e. The summed E-state index contributed by atoms with van der Waals surface area (Å²) in [7, 11) is 0. The lowest BCUT2D eigenvalue weighted by Crippen LogP contribution is -1.87. The van der Waals surface area contributed by atoms with Crippen molar-refractivity contribution in [3.8, 4) is 23.7 Å². The highest BCUT2D eigenvalue weighted by molar-refractivity contribution is 8.13. The van der Waals surface area contributed by atoms with Crippen molar-refractivity contribution < 1.29 is 9.59 Å². The zero-order chi connectivity index (χ0) is 27.6. The van der Waals surface area contributed by atoms with Crippen LogP contribution < -0.4 is 0 Å². The van der Waals surface area contributed by atoms with E-state index in [9.17, 15) is 9.59 Å². The molecule has 0 unspecified atom stereocenters. The van der Waals surface area contributed by atoms with Gasteiger partial charge in [0.05, 0.1) is 0 Å². The van der Waals surface area contributed by atoms with Crippen molar-refractivity contribution in [1.82, 2.24) is 0 Å². The van der Waals surface area contributed by atoms with E-state index in [1.807, 2.05) is 48.5 Å². The van der Waals surface area contributed by atoms with Crippen molar-refractivity contribution in [2.45, 2.75) is 23.6 Å². The summed E-state index contributed by atoms with van der Waals surface area (Å²) in [5, 5.41) is 7.28. The van der Waals surface area contributed by atoms with Crippen molar-refractivity contribution in [3.63, 3.8) is 0 Å². The predicted molar refractivity (Wildman–Crippen MR) is 168 cm³/mol. The lowest BCUT2D eigenvalue weighted by molar-refractivity contribution is -0.109. The number of carbonyl (C=O) groups is 2. The molecule has 0 saturated heterocycles. The maximum atomic E-state index is 11.3. The Morgan fingerprint density at radius 2 is 0.750 bits per heavy atom. The molecule has 0 aliphatic rings. The Kier molecular flexibility index (Phi) is 7.06. The van der Waals surface area contributed by atoms with E-state index in [-0.39, 0.29) is 10.2 Å². The van der Waals surface area contributed by atoms with Gasteiger partial charge in [-0.15, -0.1) is 0 Å². The van der Waals surface area contributed by atoms with Crippen LogP contribution in [0.5, 0.6) is 0 Å². The Labute approximate surface area is 241 Å². The highest BCUT2D eigenvalue weighted by Crippen LogP contribution is 2.36. The van der Waals surface area contributed by atoms with E-state index >= 15 is 0 Å². The number of thioether (sulfide) groups is 2. The van der Waals surface area contributed by atoms with Gasteiger partial charge in [0.15, 0.2) is 10.2 Å². The average molecular weight is 551 g/mol. The summed E-state index contributed by atoms with van der Waals surface area (Å²) < 4.78 is 0. The molecule has 0 fully saturated rings. The fourth-order valence-electron chi connectivity index (χ4n) is 4.82. The molecule has 0 saturated carbocycles. The zero-order valence-electron chi connectivity index (χ0n) is 21.9. The predicted octanol–water partition coefficient (Wildman–Crippen LogP) is 8.66. The smallest absolute Gasteiger partial charge is 0.190 e. The summed E-state index contributed by atoms with van der Waals surface area (Å²) in [4.78, 5) is 24.5. The monoisotopic (exact) mass is 550 g/mol. The molecule has 6 aromatic carbocycles. The minimum atomic E-state index is 0.0738. The molecule has 190 valence electrons. The molecule has 0 bridgehead atoms. The third-order valence-corrected chi connectivity index (χ3v) is 8.06.